The van der Waals surface area contributed by atoms with Gasteiger partial charge in [0.15, 0.2) is 11.6 Å². The molecule has 2 unspecified atom stereocenters. The number of rotatable bonds is 2. The summed E-state index contributed by atoms with van der Waals surface area (Å²) in [5.41, 5.74) is -1.18. The Morgan fingerprint density at radius 2 is 1.92 bits per heavy atom. The van der Waals surface area contributed by atoms with Crippen LogP contribution >= 0.6 is 0 Å². The second-order valence-corrected chi connectivity index (χ2v) is 6.52. The highest BCUT2D eigenvalue weighted by molar-refractivity contribution is 6.28. The van der Waals surface area contributed by atoms with Crippen molar-refractivity contribution >= 4 is 17.5 Å². The second-order valence-electron chi connectivity index (χ2n) is 6.52. The van der Waals surface area contributed by atoms with Gasteiger partial charge in [-0.3, -0.25) is 14.4 Å². The lowest BCUT2D eigenvalue weighted by Crippen LogP contribution is -2.48. The molecule has 0 amide bonds. The Balaban J connectivity index is 2.11. The zero-order valence-corrected chi connectivity index (χ0v) is 14.1. The van der Waals surface area contributed by atoms with Gasteiger partial charge in [0, 0.05) is 42.5 Å². The molecule has 7 heteroatoms. The lowest BCUT2D eigenvalue weighted by atomic mass is 9.71. The number of carbonyl (C=O) groups excluding carboxylic acids is 3. The highest BCUT2D eigenvalue weighted by Crippen LogP contribution is 2.43. The molecular formula is C18H18O7. The van der Waals surface area contributed by atoms with E-state index in [-0.39, 0.29) is 46.6 Å². The lowest BCUT2D eigenvalue weighted by molar-refractivity contribution is -0.161. The van der Waals surface area contributed by atoms with Crippen molar-refractivity contribution in [3.05, 3.63) is 34.4 Å². The fourth-order valence-corrected chi connectivity index (χ4v) is 3.37. The van der Waals surface area contributed by atoms with Crippen molar-refractivity contribution in [1.82, 2.24) is 0 Å². The molecule has 0 saturated carbocycles. The van der Waals surface area contributed by atoms with E-state index in [9.17, 15) is 24.6 Å². The summed E-state index contributed by atoms with van der Waals surface area (Å²) in [7, 11) is 1.39. The van der Waals surface area contributed by atoms with Crippen LogP contribution < -0.4 is 4.74 Å². The molecule has 0 bridgehead atoms. The van der Waals surface area contributed by atoms with Crippen molar-refractivity contribution in [1.29, 1.82) is 0 Å². The van der Waals surface area contributed by atoms with Crippen LogP contribution in [0.25, 0.3) is 0 Å². The molecule has 3 rings (SSSR count). The Labute approximate surface area is 143 Å². The maximum absolute atomic E-state index is 12.8. The van der Waals surface area contributed by atoms with E-state index in [4.69, 9.17) is 9.47 Å². The summed E-state index contributed by atoms with van der Waals surface area (Å²) >= 11 is 0. The van der Waals surface area contributed by atoms with Gasteiger partial charge < -0.3 is 19.7 Å². The van der Waals surface area contributed by atoms with Gasteiger partial charge in [-0.2, -0.15) is 0 Å². The number of aliphatic hydroxyl groups is 1. The molecule has 1 aromatic rings. The summed E-state index contributed by atoms with van der Waals surface area (Å²) in [5, 5.41) is 20.7. The van der Waals surface area contributed by atoms with E-state index in [1.807, 2.05) is 0 Å². The number of methoxy groups -OCH3 is 1. The minimum Gasteiger partial charge on any atom is -0.507 e. The van der Waals surface area contributed by atoms with Crippen LogP contribution in [-0.2, 0) is 9.53 Å². The Bertz CT molecular complexity index is 832. The Morgan fingerprint density at radius 1 is 1.24 bits per heavy atom. The SMILES string of the molecule is COc1cc(O)c2c(c1)C(=O)C1=C(CC(OC(C)=O)C(C)(O)C1)C2=O. The van der Waals surface area contributed by atoms with Gasteiger partial charge >= 0.3 is 5.97 Å². The minimum atomic E-state index is -1.47. The summed E-state index contributed by atoms with van der Waals surface area (Å²) in [6, 6.07) is 2.66. The number of hydrogen-bond donors (Lipinski definition) is 2. The maximum Gasteiger partial charge on any atom is 0.303 e. The lowest BCUT2D eigenvalue weighted by Gasteiger charge is -2.39. The Kier molecular flexibility index (Phi) is 3.91. The Hall–Kier alpha value is -2.67. The molecule has 1 aromatic carbocycles. The third-order valence-corrected chi connectivity index (χ3v) is 4.64. The number of fused-ring (bicyclic) bond motifs is 1. The van der Waals surface area contributed by atoms with E-state index in [1.54, 1.807) is 0 Å². The largest absolute Gasteiger partial charge is 0.507 e. The Morgan fingerprint density at radius 3 is 2.52 bits per heavy atom. The average molecular weight is 346 g/mol. The first-order valence-electron chi connectivity index (χ1n) is 7.77. The first-order valence-corrected chi connectivity index (χ1v) is 7.77. The summed E-state index contributed by atoms with van der Waals surface area (Å²) in [6.07, 6.45) is -1.15. The van der Waals surface area contributed by atoms with Gasteiger partial charge in [-0.1, -0.05) is 0 Å². The molecule has 0 aliphatic heterocycles. The maximum atomic E-state index is 12.8. The molecule has 0 radical (unpaired) electrons. The first kappa shape index (κ1) is 17.2. The zero-order chi connectivity index (χ0) is 18.5. The van der Waals surface area contributed by atoms with Crippen LogP contribution in [0.4, 0.5) is 0 Å². The van der Waals surface area contributed by atoms with Crippen molar-refractivity contribution in [3.63, 3.8) is 0 Å². The summed E-state index contributed by atoms with van der Waals surface area (Å²) in [6.45, 7) is 2.67. The van der Waals surface area contributed by atoms with Crippen molar-refractivity contribution in [2.24, 2.45) is 0 Å². The van der Waals surface area contributed by atoms with Crippen LogP contribution in [0.2, 0.25) is 0 Å². The zero-order valence-electron chi connectivity index (χ0n) is 14.1. The topological polar surface area (TPSA) is 110 Å². The van der Waals surface area contributed by atoms with Crippen LogP contribution in [0.3, 0.4) is 0 Å². The van der Waals surface area contributed by atoms with Gasteiger partial charge in [0.2, 0.25) is 0 Å². The number of carbonyl (C=O) groups is 3. The highest BCUT2D eigenvalue weighted by atomic mass is 16.6. The van der Waals surface area contributed by atoms with E-state index in [2.05, 4.69) is 0 Å². The van der Waals surface area contributed by atoms with Gasteiger partial charge in [0.25, 0.3) is 0 Å². The number of phenols is 1. The van der Waals surface area contributed by atoms with Crippen LogP contribution in [0.1, 0.15) is 47.4 Å². The molecule has 0 spiro atoms. The van der Waals surface area contributed by atoms with Crippen LogP contribution in [0, 0.1) is 0 Å². The monoisotopic (exact) mass is 346 g/mol. The standard InChI is InChI=1S/C18H18O7/c1-8(19)25-14-6-10-12(7-18(14,2)23)16(21)11-4-9(24-3)5-13(20)15(11)17(10)22/h4-5,14,20,23H,6-7H2,1-3H3. The summed E-state index contributed by atoms with van der Waals surface area (Å²) in [5.74, 6) is -1.63. The number of benzene rings is 1. The molecule has 7 nitrogen and oxygen atoms in total. The van der Waals surface area contributed by atoms with Gasteiger partial charge in [0.1, 0.15) is 23.2 Å². The predicted molar refractivity (Wildman–Crippen MR) is 85.8 cm³/mol. The quantitative estimate of drug-likeness (QED) is 0.782. The molecular weight excluding hydrogens is 328 g/mol. The molecule has 0 aromatic heterocycles. The predicted octanol–water partition coefficient (Wildman–Crippen LogP) is 1.55. The molecule has 2 aliphatic carbocycles. The molecule has 2 aliphatic rings. The molecule has 25 heavy (non-hydrogen) atoms. The van der Waals surface area contributed by atoms with Crippen LogP contribution in [-0.4, -0.2) is 46.6 Å². The van der Waals surface area contributed by atoms with Gasteiger partial charge in [-0.05, 0) is 13.0 Å². The number of Topliss-reactive ketones (excluding diaryl/α,β-unsaturated/α-hetero) is 2. The normalized spacial score (nSPS) is 25.4. The fourth-order valence-electron chi connectivity index (χ4n) is 3.37. The van der Waals surface area contributed by atoms with Gasteiger partial charge in [-0.25, -0.2) is 0 Å². The van der Waals surface area contributed by atoms with E-state index in [0.29, 0.717) is 0 Å². The third kappa shape index (κ3) is 2.70. The van der Waals surface area contributed by atoms with E-state index in [1.165, 1.54) is 33.1 Å². The fraction of sp³-hybridized carbons (Fsp3) is 0.389. The smallest absolute Gasteiger partial charge is 0.303 e. The number of phenolic OH excluding ortho intramolecular Hbond substituents is 1. The van der Waals surface area contributed by atoms with Crippen molar-refractivity contribution in [2.45, 2.75) is 38.4 Å². The third-order valence-electron chi connectivity index (χ3n) is 4.64. The highest BCUT2D eigenvalue weighted by Gasteiger charge is 2.47. The summed E-state index contributed by atoms with van der Waals surface area (Å²) in [4.78, 5) is 36.9. The van der Waals surface area contributed by atoms with Crippen molar-refractivity contribution in [3.8, 4) is 11.5 Å². The minimum absolute atomic E-state index is 0.0438. The second kappa shape index (κ2) is 5.70. The molecule has 132 valence electrons. The first-order chi connectivity index (χ1) is 11.7. The number of esters is 1. The van der Waals surface area contributed by atoms with E-state index < -0.39 is 29.2 Å². The number of hydrogen-bond acceptors (Lipinski definition) is 7. The molecule has 0 fully saturated rings. The van der Waals surface area contributed by atoms with Crippen LogP contribution in [0.15, 0.2) is 23.3 Å². The summed E-state index contributed by atoms with van der Waals surface area (Å²) < 4.78 is 10.2. The van der Waals surface area contributed by atoms with E-state index in [0.717, 1.165) is 0 Å². The van der Waals surface area contributed by atoms with Gasteiger partial charge in [-0.15, -0.1) is 0 Å². The van der Waals surface area contributed by atoms with Crippen molar-refractivity contribution < 1.29 is 34.1 Å². The molecule has 2 atom stereocenters. The molecule has 2 N–H and O–H groups in total. The van der Waals surface area contributed by atoms with Crippen LogP contribution in [0.5, 0.6) is 11.5 Å². The average Bonchev–Trinajstić information content (AvgIpc) is 2.52. The molecule has 0 saturated heterocycles. The van der Waals surface area contributed by atoms with Crippen molar-refractivity contribution in [2.75, 3.05) is 7.11 Å². The number of ether oxygens (including phenoxy) is 2. The van der Waals surface area contributed by atoms with E-state index >= 15 is 0 Å². The number of aromatic hydroxyl groups is 1. The number of ketones is 2. The molecule has 0 heterocycles. The van der Waals surface area contributed by atoms with Gasteiger partial charge in [0.05, 0.1) is 12.7 Å².